The Hall–Kier alpha value is -1.49. The maximum absolute atomic E-state index is 12.6. The lowest BCUT2D eigenvalue weighted by Crippen LogP contribution is -2.67. The van der Waals surface area contributed by atoms with Gasteiger partial charge in [0.2, 0.25) is 0 Å². The van der Waals surface area contributed by atoms with E-state index in [1.54, 1.807) is 11.1 Å². The number of carbonyl (C=O) groups excluding carboxylic acids is 1. The fraction of sp³-hybridized carbons (Fsp3) is 0.471. The molecule has 3 rings (SSSR count). The molecule has 1 aromatic rings. The van der Waals surface area contributed by atoms with Crippen LogP contribution in [0.5, 0.6) is 0 Å². The van der Waals surface area contributed by atoms with Gasteiger partial charge in [0.15, 0.2) is 0 Å². The van der Waals surface area contributed by atoms with E-state index in [9.17, 15) is 15.0 Å². The van der Waals surface area contributed by atoms with Crippen molar-refractivity contribution in [3.8, 4) is 0 Å². The molecular weight excluding hydrogens is 402 g/mol. The molecule has 1 saturated heterocycles. The maximum Gasteiger partial charge on any atom is 0.254 e. The highest BCUT2D eigenvalue weighted by atomic mass is 79.9. The summed E-state index contributed by atoms with van der Waals surface area (Å²) in [6.07, 6.45) is 0.981. The van der Waals surface area contributed by atoms with E-state index in [1.807, 2.05) is 31.0 Å². The Bertz CT molecular complexity index is 697. The van der Waals surface area contributed by atoms with Crippen LogP contribution in [-0.2, 0) is 4.79 Å². The summed E-state index contributed by atoms with van der Waals surface area (Å²) in [7, 11) is 0. The Morgan fingerprint density at radius 3 is 2.38 bits per heavy atom. The number of aliphatic hydroxyl groups is 2. The first-order valence-corrected chi connectivity index (χ1v) is 9.30. The van der Waals surface area contributed by atoms with Gasteiger partial charge in [-0.25, -0.2) is 5.43 Å². The molecule has 2 unspecified atom stereocenters. The number of fused-ring (bicyclic) bond motifs is 1. The van der Waals surface area contributed by atoms with Gasteiger partial charge < -0.3 is 15.5 Å². The van der Waals surface area contributed by atoms with Gasteiger partial charge in [0.05, 0.1) is 24.5 Å². The molecule has 26 heavy (non-hydrogen) atoms. The molecule has 0 aromatic heterocycles. The number of aliphatic hydroxyl groups excluding tert-OH is 2. The second kappa shape index (κ2) is 8.03. The van der Waals surface area contributed by atoms with Gasteiger partial charge in [0, 0.05) is 23.8 Å². The summed E-state index contributed by atoms with van der Waals surface area (Å²) in [5, 5.41) is 26.5. The summed E-state index contributed by atoms with van der Waals surface area (Å²) < 4.78 is 1.01. The molecule has 8 nitrogen and oxygen atoms in total. The van der Waals surface area contributed by atoms with Crippen molar-refractivity contribution in [2.24, 2.45) is 0 Å². The summed E-state index contributed by atoms with van der Waals surface area (Å²) in [5.41, 5.74) is 7.07. The van der Waals surface area contributed by atoms with Crippen LogP contribution >= 0.6 is 15.9 Å². The highest BCUT2D eigenvalue weighted by Gasteiger charge is 2.38. The minimum Gasteiger partial charge on any atom is -0.395 e. The van der Waals surface area contributed by atoms with Gasteiger partial charge in [-0.05, 0) is 37.1 Å². The Morgan fingerprint density at radius 1 is 1.19 bits per heavy atom. The number of nitrogens with one attached hydrogen (secondary N) is 3. The number of aryl methyl sites for hydroxylation is 2. The van der Waals surface area contributed by atoms with Crippen molar-refractivity contribution in [2.75, 3.05) is 31.3 Å². The van der Waals surface area contributed by atoms with Gasteiger partial charge >= 0.3 is 0 Å². The smallest absolute Gasteiger partial charge is 0.254 e. The average Bonchev–Trinajstić information content (AvgIpc) is 2.97. The molecule has 2 aliphatic rings. The number of benzene rings is 1. The largest absolute Gasteiger partial charge is 0.395 e. The van der Waals surface area contributed by atoms with Crippen molar-refractivity contribution in [1.29, 1.82) is 0 Å². The molecular formula is C17H24BrN5O3. The van der Waals surface area contributed by atoms with Crippen molar-refractivity contribution in [3.63, 3.8) is 0 Å². The molecule has 142 valence electrons. The molecule has 2 atom stereocenters. The summed E-state index contributed by atoms with van der Waals surface area (Å²) in [6.45, 7) is 4.62. The fourth-order valence-electron chi connectivity index (χ4n) is 3.42. The topological polar surface area (TPSA) is 100 Å². The van der Waals surface area contributed by atoms with Crippen LogP contribution < -0.4 is 21.1 Å². The second-order valence-electron chi connectivity index (χ2n) is 6.43. The lowest BCUT2D eigenvalue weighted by atomic mass is 10.1. The third-order valence-electron chi connectivity index (χ3n) is 4.54. The van der Waals surface area contributed by atoms with Crippen molar-refractivity contribution in [2.45, 2.75) is 26.3 Å². The first-order chi connectivity index (χ1) is 12.4. The quantitative estimate of drug-likeness (QED) is 0.433. The fourth-order valence-corrected chi connectivity index (χ4v) is 4.11. The SMILES string of the molecule is Cc1cc(Br)cc(C)c1N1C=C2C(=O)NC(N(CCO)CCO)NC2N1. The Morgan fingerprint density at radius 2 is 1.81 bits per heavy atom. The van der Waals surface area contributed by atoms with Crippen molar-refractivity contribution >= 4 is 27.5 Å². The minimum atomic E-state index is -0.469. The third kappa shape index (κ3) is 3.78. The number of anilines is 1. The Balaban J connectivity index is 1.81. The summed E-state index contributed by atoms with van der Waals surface area (Å²) in [6, 6.07) is 4.07. The number of hydrogen-bond acceptors (Lipinski definition) is 7. The van der Waals surface area contributed by atoms with E-state index in [0.29, 0.717) is 18.7 Å². The summed E-state index contributed by atoms with van der Waals surface area (Å²) >= 11 is 3.50. The highest BCUT2D eigenvalue weighted by Crippen LogP contribution is 2.31. The first-order valence-electron chi connectivity index (χ1n) is 8.51. The zero-order valence-electron chi connectivity index (χ0n) is 14.8. The van der Waals surface area contributed by atoms with Crippen LogP contribution in [0.4, 0.5) is 5.69 Å². The summed E-state index contributed by atoms with van der Waals surface area (Å²) in [4.78, 5) is 14.3. The van der Waals surface area contributed by atoms with E-state index in [1.165, 1.54) is 0 Å². The molecule has 0 bridgehead atoms. The van der Waals surface area contributed by atoms with Crippen LogP contribution in [0, 0.1) is 13.8 Å². The molecule has 1 aromatic carbocycles. The van der Waals surface area contributed by atoms with Crippen molar-refractivity contribution < 1.29 is 15.0 Å². The van der Waals surface area contributed by atoms with Crippen molar-refractivity contribution in [1.82, 2.24) is 21.0 Å². The van der Waals surface area contributed by atoms with Crippen LogP contribution in [0.1, 0.15) is 11.1 Å². The lowest BCUT2D eigenvalue weighted by Gasteiger charge is -2.38. The normalized spacial score (nSPS) is 22.5. The number of hydrazine groups is 1. The summed E-state index contributed by atoms with van der Waals surface area (Å²) in [5.74, 6) is -0.179. The van der Waals surface area contributed by atoms with Crippen LogP contribution in [0.2, 0.25) is 0 Å². The number of rotatable bonds is 6. The molecule has 5 N–H and O–H groups in total. The Labute approximate surface area is 161 Å². The van der Waals surface area contributed by atoms with E-state index in [4.69, 9.17) is 0 Å². The highest BCUT2D eigenvalue weighted by molar-refractivity contribution is 9.10. The van der Waals surface area contributed by atoms with E-state index in [2.05, 4.69) is 32.0 Å². The van der Waals surface area contributed by atoms with E-state index >= 15 is 0 Å². The minimum absolute atomic E-state index is 0.0573. The number of amides is 1. The van der Waals surface area contributed by atoms with Gasteiger partial charge in [-0.2, -0.15) is 0 Å². The van der Waals surface area contributed by atoms with E-state index in [0.717, 1.165) is 21.3 Å². The number of nitrogens with zero attached hydrogens (tertiary/aromatic N) is 2. The zero-order valence-corrected chi connectivity index (χ0v) is 16.4. The molecule has 1 fully saturated rings. The van der Waals surface area contributed by atoms with Gasteiger partial charge in [-0.15, -0.1) is 0 Å². The second-order valence-corrected chi connectivity index (χ2v) is 7.35. The first kappa shape index (κ1) is 19.3. The number of halogens is 1. The maximum atomic E-state index is 12.6. The van der Waals surface area contributed by atoms with Crippen molar-refractivity contribution in [3.05, 3.63) is 39.5 Å². The van der Waals surface area contributed by atoms with E-state index in [-0.39, 0.29) is 25.3 Å². The molecule has 9 heteroatoms. The Kier molecular flexibility index (Phi) is 5.96. The van der Waals surface area contributed by atoms with Gasteiger partial charge in [-0.3, -0.25) is 20.0 Å². The lowest BCUT2D eigenvalue weighted by molar-refractivity contribution is -0.122. The molecule has 1 amide bonds. The number of carbonyl (C=O) groups is 1. The van der Waals surface area contributed by atoms with Crippen LogP contribution in [0.15, 0.2) is 28.4 Å². The van der Waals surface area contributed by atoms with Gasteiger partial charge in [-0.1, -0.05) is 15.9 Å². The monoisotopic (exact) mass is 425 g/mol. The predicted octanol–water partition coefficient (Wildman–Crippen LogP) is -0.110. The predicted molar refractivity (Wildman–Crippen MR) is 102 cm³/mol. The van der Waals surface area contributed by atoms with E-state index < -0.39 is 6.29 Å². The van der Waals surface area contributed by atoms with Crippen LogP contribution in [0.3, 0.4) is 0 Å². The van der Waals surface area contributed by atoms with Crippen LogP contribution in [0.25, 0.3) is 0 Å². The number of hydrogen-bond donors (Lipinski definition) is 5. The molecule has 2 heterocycles. The van der Waals surface area contributed by atoms with Gasteiger partial charge in [0.1, 0.15) is 12.5 Å². The third-order valence-corrected chi connectivity index (χ3v) is 5.00. The molecule has 0 saturated carbocycles. The zero-order chi connectivity index (χ0) is 18.8. The van der Waals surface area contributed by atoms with Crippen LogP contribution in [-0.4, -0.2) is 59.8 Å². The molecule has 0 aliphatic carbocycles. The molecule has 0 spiro atoms. The molecule has 2 aliphatic heterocycles. The molecule has 0 radical (unpaired) electrons. The average molecular weight is 426 g/mol. The van der Waals surface area contributed by atoms with Gasteiger partial charge in [0.25, 0.3) is 5.91 Å². The standard InChI is InChI=1S/C17H24BrN5O3/c1-10-7-12(18)8-11(2)14(10)23-9-13-15(21-23)19-17(20-16(13)26)22(3-5-24)4-6-25/h7-9,15,17,19,21,24-25H,3-6H2,1-2H3,(H,20,26).